The molecule has 0 fully saturated rings. The fourth-order valence-corrected chi connectivity index (χ4v) is 10.6. The van der Waals surface area contributed by atoms with Crippen molar-refractivity contribution in [2.75, 3.05) is 0 Å². The first-order valence-electron chi connectivity index (χ1n) is 19.4. The van der Waals surface area contributed by atoms with Gasteiger partial charge in [0.25, 0.3) is 0 Å². The van der Waals surface area contributed by atoms with E-state index >= 15 is 0 Å². The Morgan fingerprint density at radius 3 is 1.82 bits per heavy atom. The second-order valence-corrected chi connectivity index (χ2v) is 16.0. The molecule has 1 aromatic heterocycles. The maximum atomic E-state index is 5.12. The van der Waals surface area contributed by atoms with E-state index in [1.165, 1.54) is 65.1 Å². The number of hydrogen-bond acceptors (Lipinski definition) is 4. The summed E-state index contributed by atoms with van der Waals surface area (Å²) in [6.07, 6.45) is -0.378. The van der Waals surface area contributed by atoms with Crippen LogP contribution < -0.4 is 5.32 Å². The Morgan fingerprint density at radius 2 is 1.05 bits per heavy atom. The largest absolute Gasteiger partial charge is 0.324 e. The lowest BCUT2D eigenvalue weighted by atomic mass is 9.62. The molecule has 57 heavy (non-hydrogen) atoms. The molecule has 1 atom stereocenters. The molecule has 1 spiro atoms. The van der Waals surface area contributed by atoms with E-state index in [9.17, 15) is 0 Å². The molecule has 12 rings (SSSR count). The molecule has 3 aliphatic rings. The number of nitrogens with one attached hydrogen (secondary N) is 1. The summed E-state index contributed by atoms with van der Waals surface area (Å²) in [5, 5.41) is 6.08. The summed E-state index contributed by atoms with van der Waals surface area (Å²) in [6, 6.07) is 70.4. The van der Waals surface area contributed by atoms with Gasteiger partial charge in [-0.1, -0.05) is 176 Å². The second-order valence-electron chi connectivity index (χ2n) is 14.9. The quantitative estimate of drug-likeness (QED) is 0.195. The number of benzene rings is 8. The van der Waals surface area contributed by atoms with E-state index in [0.717, 1.165) is 33.9 Å². The minimum absolute atomic E-state index is 0.378. The number of nitrogens with zero attached hydrogens (tertiary/aromatic N) is 3. The molecule has 0 aliphatic carbocycles. The lowest BCUT2D eigenvalue weighted by molar-refractivity contribution is 0.690. The molecule has 0 bridgehead atoms. The van der Waals surface area contributed by atoms with Gasteiger partial charge in [-0.3, -0.25) is 0 Å². The van der Waals surface area contributed by atoms with E-state index in [4.69, 9.17) is 9.98 Å². The van der Waals surface area contributed by atoms with Crippen LogP contribution in [-0.4, -0.2) is 16.2 Å². The van der Waals surface area contributed by atoms with Gasteiger partial charge in [0.2, 0.25) is 0 Å². The van der Waals surface area contributed by atoms with Crippen molar-refractivity contribution in [3.63, 3.8) is 0 Å². The number of aromatic nitrogens is 1. The Kier molecular flexibility index (Phi) is 7.10. The van der Waals surface area contributed by atoms with Gasteiger partial charge in [0.1, 0.15) is 11.7 Å². The van der Waals surface area contributed by atoms with Crippen molar-refractivity contribution in [1.82, 2.24) is 9.88 Å². The number of fused-ring (bicyclic) bond motifs is 11. The number of aliphatic imine (C=N–C) groups is 2. The van der Waals surface area contributed by atoms with Crippen LogP contribution >= 0.6 is 11.8 Å². The summed E-state index contributed by atoms with van der Waals surface area (Å²) in [7, 11) is 0. The van der Waals surface area contributed by atoms with E-state index < -0.39 is 5.41 Å². The van der Waals surface area contributed by atoms with E-state index in [2.05, 4.69) is 168 Å². The van der Waals surface area contributed by atoms with Crippen LogP contribution in [0.5, 0.6) is 0 Å². The van der Waals surface area contributed by atoms with Gasteiger partial charge in [-0.05, 0) is 69.3 Å². The third kappa shape index (κ3) is 4.76. The zero-order valence-corrected chi connectivity index (χ0v) is 31.6. The smallest absolute Gasteiger partial charge is 0.169 e. The summed E-state index contributed by atoms with van der Waals surface area (Å²) in [5.74, 6) is 1.64. The Labute approximate surface area is 334 Å². The normalized spacial score (nSPS) is 16.7. The molecule has 1 N–H and O–H groups in total. The Balaban J connectivity index is 1.03. The number of amidine groups is 2. The molecular formula is C52H34N4S. The third-order valence-corrected chi connectivity index (χ3v) is 13.1. The summed E-state index contributed by atoms with van der Waals surface area (Å²) in [6.45, 7) is 0. The molecule has 3 aliphatic heterocycles. The first-order valence-corrected chi connectivity index (χ1v) is 20.3. The van der Waals surface area contributed by atoms with Gasteiger partial charge in [0, 0.05) is 31.7 Å². The first kappa shape index (κ1) is 32.3. The van der Waals surface area contributed by atoms with Crippen LogP contribution in [0.15, 0.2) is 214 Å². The van der Waals surface area contributed by atoms with E-state index in [-0.39, 0.29) is 6.17 Å². The topological polar surface area (TPSA) is 41.7 Å². The second kappa shape index (κ2) is 12.5. The van der Waals surface area contributed by atoms with Gasteiger partial charge in [-0.15, -0.1) is 0 Å². The SMILES string of the molecule is c1ccc(C2=NC(c3ccc(-c4ccc5c(c4)C4(c6ccccc6S5)c5ccccc5-n5c6ccccc6c6cccc4c65)cc3)N=C(c3ccccc3)N2)cc1. The van der Waals surface area contributed by atoms with Crippen molar-refractivity contribution in [2.45, 2.75) is 21.4 Å². The highest BCUT2D eigenvalue weighted by Crippen LogP contribution is 2.60. The van der Waals surface area contributed by atoms with Crippen LogP contribution in [0.1, 0.15) is 45.1 Å². The van der Waals surface area contributed by atoms with Crippen molar-refractivity contribution >= 4 is 45.2 Å². The number of hydrogen-bond donors (Lipinski definition) is 1. The van der Waals surface area contributed by atoms with Crippen molar-refractivity contribution in [3.05, 3.63) is 233 Å². The number of rotatable bonds is 4. The highest BCUT2D eigenvalue weighted by molar-refractivity contribution is 7.99. The zero-order chi connectivity index (χ0) is 37.5. The molecule has 0 saturated carbocycles. The predicted molar refractivity (Wildman–Crippen MR) is 234 cm³/mol. The number of para-hydroxylation sites is 3. The molecule has 0 saturated heterocycles. The van der Waals surface area contributed by atoms with Gasteiger partial charge in [-0.2, -0.15) is 0 Å². The molecule has 1 unspecified atom stereocenters. The lowest BCUT2D eigenvalue weighted by Gasteiger charge is -2.45. The first-order chi connectivity index (χ1) is 28.3. The Hall–Kier alpha value is -6.95. The summed E-state index contributed by atoms with van der Waals surface area (Å²) < 4.78 is 2.51. The van der Waals surface area contributed by atoms with Crippen LogP contribution in [0, 0.1) is 0 Å². The van der Waals surface area contributed by atoms with Gasteiger partial charge in [0.05, 0.1) is 22.1 Å². The van der Waals surface area contributed by atoms with E-state index in [1.807, 2.05) is 48.2 Å². The molecule has 4 heterocycles. The van der Waals surface area contributed by atoms with Crippen LogP contribution in [-0.2, 0) is 5.41 Å². The summed E-state index contributed by atoms with van der Waals surface area (Å²) in [4.78, 5) is 12.8. The lowest BCUT2D eigenvalue weighted by Crippen LogP contribution is -2.37. The van der Waals surface area contributed by atoms with Gasteiger partial charge < -0.3 is 9.88 Å². The monoisotopic (exact) mass is 746 g/mol. The molecular weight excluding hydrogens is 713 g/mol. The van der Waals surface area contributed by atoms with Crippen LogP contribution in [0.4, 0.5) is 0 Å². The predicted octanol–water partition coefficient (Wildman–Crippen LogP) is 12.1. The summed E-state index contributed by atoms with van der Waals surface area (Å²) >= 11 is 1.88. The van der Waals surface area contributed by atoms with Crippen molar-refractivity contribution in [1.29, 1.82) is 0 Å². The maximum Gasteiger partial charge on any atom is 0.169 e. The maximum absolute atomic E-state index is 5.12. The molecule has 9 aromatic rings. The molecule has 0 radical (unpaired) electrons. The molecule has 8 aromatic carbocycles. The fraction of sp³-hybridized carbons (Fsp3) is 0.0385. The Bertz CT molecular complexity index is 3070. The van der Waals surface area contributed by atoms with Crippen LogP contribution in [0.3, 0.4) is 0 Å². The van der Waals surface area contributed by atoms with Crippen LogP contribution in [0.2, 0.25) is 0 Å². The minimum Gasteiger partial charge on any atom is -0.324 e. The molecule has 5 heteroatoms. The molecule has 0 amide bonds. The van der Waals surface area contributed by atoms with Crippen molar-refractivity contribution in [3.8, 4) is 16.8 Å². The van der Waals surface area contributed by atoms with E-state index in [0.29, 0.717) is 0 Å². The van der Waals surface area contributed by atoms with Gasteiger partial charge >= 0.3 is 0 Å². The average molecular weight is 747 g/mol. The summed E-state index contributed by atoms with van der Waals surface area (Å²) in [5.41, 5.74) is 14.0. The minimum atomic E-state index is -0.520. The zero-order valence-electron chi connectivity index (χ0n) is 30.8. The highest BCUT2D eigenvalue weighted by atomic mass is 32.2. The highest BCUT2D eigenvalue weighted by Gasteiger charge is 2.49. The van der Waals surface area contributed by atoms with Crippen molar-refractivity contribution < 1.29 is 0 Å². The third-order valence-electron chi connectivity index (χ3n) is 11.9. The van der Waals surface area contributed by atoms with Crippen molar-refractivity contribution in [2.24, 2.45) is 9.98 Å². The van der Waals surface area contributed by atoms with Gasteiger partial charge in [-0.25, -0.2) is 9.98 Å². The molecule has 4 nitrogen and oxygen atoms in total. The fourth-order valence-electron chi connectivity index (χ4n) is 9.44. The Morgan fingerprint density at radius 1 is 0.456 bits per heavy atom. The average Bonchev–Trinajstić information content (AvgIpc) is 3.63. The molecule has 268 valence electrons. The van der Waals surface area contributed by atoms with E-state index in [1.54, 1.807) is 0 Å². The standard InChI is InChI=1S/C52H34N4S/c1-3-14-34(15-4-1)49-53-50(35-16-5-2-6-17-35)55-51(54-49)36-28-26-33(27-29-36)37-30-31-47-43(32-37)52(41-21-9-12-25-46(41)57-47)40-20-8-11-24-45(40)56-44-23-10-7-18-38(44)39-19-13-22-42(52)48(39)56/h1-32,51H,(H,53,54,55). The van der Waals surface area contributed by atoms with Crippen LogP contribution in [0.25, 0.3) is 38.6 Å². The van der Waals surface area contributed by atoms with Gasteiger partial charge in [0.15, 0.2) is 6.17 Å².